The van der Waals surface area contributed by atoms with Gasteiger partial charge >= 0.3 is 0 Å². The van der Waals surface area contributed by atoms with Gasteiger partial charge in [-0.05, 0) is 49.6 Å². The van der Waals surface area contributed by atoms with Crippen LogP contribution in [0.3, 0.4) is 0 Å². The second-order valence-electron chi connectivity index (χ2n) is 6.47. The summed E-state index contributed by atoms with van der Waals surface area (Å²) in [6.45, 7) is 1.86. The average molecular weight is 415 g/mol. The molecule has 0 spiro atoms. The molecule has 0 radical (unpaired) electrons. The van der Waals surface area contributed by atoms with Crippen molar-refractivity contribution in [3.8, 4) is 11.4 Å². The van der Waals surface area contributed by atoms with E-state index in [1.165, 1.54) is 11.8 Å². The maximum absolute atomic E-state index is 12.8. The van der Waals surface area contributed by atoms with Crippen LogP contribution in [-0.4, -0.2) is 33.0 Å². The number of hydrogen-bond acceptors (Lipinski definition) is 5. The zero-order valence-corrected chi connectivity index (χ0v) is 17.0. The number of carbonyl (C=O) groups is 1. The van der Waals surface area contributed by atoms with Crippen LogP contribution in [0.2, 0.25) is 5.02 Å². The van der Waals surface area contributed by atoms with Crippen LogP contribution in [0.1, 0.15) is 17.8 Å². The number of ether oxygens (including phenoxy) is 1. The Bertz CT molecular complexity index is 1040. The van der Waals surface area contributed by atoms with Gasteiger partial charge in [0, 0.05) is 10.7 Å². The molecule has 1 unspecified atom stereocenters. The van der Waals surface area contributed by atoms with Crippen LogP contribution in [0.5, 0.6) is 5.75 Å². The van der Waals surface area contributed by atoms with E-state index in [0.717, 1.165) is 23.4 Å². The van der Waals surface area contributed by atoms with Gasteiger partial charge in [-0.1, -0.05) is 41.6 Å². The Morgan fingerprint density at radius 2 is 2.07 bits per heavy atom. The number of amides is 1. The summed E-state index contributed by atoms with van der Waals surface area (Å²) in [6.07, 6.45) is 1.53. The molecular weight excluding hydrogens is 396 g/mol. The molecule has 1 atom stereocenters. The van der Waals surface area contributed by atoms with E-state index in [9.17, 15) is 4.79 Å². The fraction of sp³-hybridized carbons (Fsp3) is 0.250. The Kier molecular flexibility index (Phi) is 5.28. The number of nitrogens with zero attached hydrogens (tertiary/aromatic N) is 3. The summed E-state index contributed by atoms with van der Waals surface area (Å²) < 4.78 is 7.36. The van der Waals surface area contributed by atoms with Crippen molar-refractivity contribution in [1.29, 1.82) is 0 Å². The molecule has 4 rings (SSSR count). The van der Waals surface area contributed by atoms with Gasteiger partial charge < -0.3 is 10.1 Å². The van der Waals surface area contributed by atoms with E-state index in [2.05, 4.69) is 15.5 Å². The largest absolute Gasteiger partial charge is 0.495 e. The summed E-state index contributed by atoms with van der Waals surface area (Å²) in [4.78, 5) is 12.8. The fourth-order valence-electron chi connectivity index (χ4n) is 3.27. The molecule has 0 saturated heterocycles. The Balaban J connectivity index is 1.66. The van der Waals surface area contributed by atoms with E-state index in [0.29, 0.717) is 28.2 Å². The van der Waals surface area contributed by atoms with E-state index < -0.39 is 0 Å². The molecule has 3 aromatic rings. The van der Waals surface area contributed by atoms with Gasteiger partial charge in [-0.15, -0.1) is 10.2 Å². The van der Waals surface area contributed by atoms with E-state index in [1.807, 2.05) is 41.8 Å². The Morgan fingerprint density at radius 1 is 1.25 bits per heavy atom. The second kappa shape index (κ2) is 7.85. The second-order valence-corrected chi connectivity index (χ2v) is 8.08. The summed E-state index contributed by atoms with van der Waals surface area (Å²) in [5.74, 6) is 1.33. The van der Waals surface area contributed by atoms with Crippen molar-refractivity contribution in [3.63, 3.8) is 0 Å². The molecule has 28 heavy (non-hydrogen) atoms. The first kappa shape index (κ1) is 18.8. The summed E-state index contributed by atoms with van der Waals surface area (Å²) in [6, 6.07) is 13.3. The van der Waals surface area contributed by atoms with E-state index in [-0.39, 0.29) is 11.2 Å². The molecule has 0 saturated carbocycles. The van der Waals surface area contributed by atoms with Crippen LogP contribution in [0.15, 0.2) is 47.6 Å². The molecule has 1 aromatic heterocycles. The third-order valence-corrected chi connectivity index (χ3v) is 6.11. The topological polar surface area (TPSA) is 69.0 Å². The highest BCUT2D eigenvalue weighted by molar-refractivity contribution is 8.00. The lowest BCUT2D eigenvalue weighted by molar-refractivity contribution is -0.115. The number of aryl methyl sites for hydroxylation is 2. The smallest absolute Gasteiger partial charge is 0.237 e. The van der Waals surface area contributed by atoms with E-state index in [4.69, 9.17) is 16.3 Å². The average Bonchev–Trinajstić information content (AvgIpc) is 2.97. The molecule has 0 bridgehead atoms. The van der Waals surface area contributed by atoms with Crippen LogP contribution in [0.25, 0.3) is 5.69 Å². The minimum atomic E-state index is -0.278. The molecular formula is C20H19ClN4O2S. The number of hydrogen-bond donors (Lipinski definition) is 1. The highest BCUT2D eigenvalue weighted by Crippen LogP contribution is 2.35. The fourth-order valence-corrected chi connectivity index (χ4v) is 4.51. The minimum absolute atomic E-state index is 0.0276. The standard InChI is InChI=1S/C20H19ClN4O2S/c1-12-23-24-20(25(12)16-11-14(21)8-9-17(16)27-2)28-18-10-7-13-5-3-4-6-15(13)22-19(18)26/h3-6,8-9,11,18H,7,10H2,1-2H3,(H,22,26). The van der Waals surface area contributed by atoms with Crippen LogP contribution < -0.4 is 10.1 Å². The maximum atomic E-state index is 12.8. The first-order chi connectivity index (χ1) is 13.6. The van der Waals surface area contributed by atoms with E-state index in [1.54, 1.807) is 19.2 Å². The molecule has 1 aliphatic heterocycles. The number of methoxy groups -OCH3 is 1. The first-order valence-corrected chi connectivity index (χ1v) is 10.1. The normalized spacial score (nSPS) is 16.2. The lowest BCUT2D eigenvalue weighted by Crippen LogP contribution is -2.24. The zero-order valence-electron chi connectivity index (χ0n) is 15.5. The number of aromatic nitrogens is 3. The quantitative estimate of drug-likeness (QED) is 0.689. The molecule has 1 N–H and O–H groups in total. The molecule has 2 heterocycles. The number of benzene rings is 2. The third-order valence-electron chi connectivity index (χ3n) is 4.67. The predicted molar refractivity (Wildman–Crippen MR) is 111 cm³/mol. The monoisotopic (exact) mass is 414 g/mol. The number of fused-ring (bicyclic) bond motifs is 1. The SMILES string of the molecule is COc1ccc(Cl)cc1-n1c(C)nnc1SC1CCc2ccccc2NC1=O. The number of nitrogens with one attached hydrogen (secondary N) is 1. The number of halogens is 1. The Labute approximate surface area is 172 Å². The predicted octanol–water partition coefficient (Wildman–Crippen LogP) is 4.28. The van der Waals surface area contributed by atoms with Crippen molar-refractivity contribution in [2.24, 2.45) is 0 Å². The molecule has 2 aromatic carbocycles. The molecule has 6 nitrogen and oxygen atoms in total. The van der Waals surface area contributed by atoms with Gasteiger partial charge in [-0.25, -0.2) is 0 Å². The number of anilines is 1. The van der Waals surface area contributed by atoms with Gasteiger partial charge in [0.25, 0.3) is 0 Å². The van der Waals surface area contributed by atoms with Crippen molar-refractivity contribution in [2.75, 3.05) is 12.4 Å². The Hall–Kier alpha value is -2.51. The lowest BCUT2D eigenvalue weighted by atomic mass is 10.1. The molecule has 1 amide bonds. The van der Waals surface area contributed by atoms with Crippen LogP contribution in [0.4, 0.5) is 5.69 Å². The molecule has 8 heteroatoms. The van der Waals surface area contributed by atoms with Crippen LogP contribution in [0, 0.1) is 6.92 Å². The van der Waals surface area contributed by atoms with Gasteiger partial charge in [0.15, 0.2) is 5.16 Å². The van der Waals surface area contributed by atoms with Crippen molar-refractivity contribution < 1.29 is 9.53 Å². The van der Waals surface area contributed by atoms with Crippen molar-refractivity contribution >= 4 is 35.0 Å². The summed E-state index contributed by atoms with van der Waals surface area (Å²) in [5, 5.41) is 12.5. The summed E-state index contributed by atoms with van der Waals surface area (Å²) in [5.41, 5.74) is 2.77. The van der Waals surface area contributed by atoms with Crippen LogP contribution in [-0.2, 0) is 11.2 Å². The lowest BCUT2D eigenvalue weighted by Gasteiger charge is -2.16. The van der Waals surface area contributed by atoms with Gasteiger partial charge in [-0.2, -0.15) is 0 Å². The molecule has 1 aliphatic rings. The van der Waals surface area contributed by atoms with Gasteiger partial charge in [0.05, 0.1) is 18.0 Å². The highest BCUT2D eigenvalue weighted by atomic mass is 35.5. The zero-order chi connectivity index (χ0) is 19.7. The third kappa shape index (κ3) is 3.59. The number of thioether (sulfide) groups is 1. The number of para-hydroxylation sites is 1. The van der Waals surface area contributed by atoms with Gasteiger partial charge in [0.1, 0.15) is 11.6 Å². The van der Waals surface area contributed by atoms with Crippen LogP contribution >= 0.6 is 23.4 Å². The van der Waals surface area contributed by atoms with Crippen molar-refractivity contribution in [2.45, 2.75) is 30.2 Å². The summed E-state index contributed by atoms with van der Waals surface area (Å²) >= 11 is 7.61. The number of carbonyl (C=O) groups excluding carboxylic acids is 1. The van der Waals surface area contributed by atoms with Gasteiger partial charge in [0.2, 0.25) is 5.91 Å². The molecule has 0 aliphatic carbocycles. The summed E-state index contributed by atoms with van der Waals surface area (Å²) in [7, 11) is 1.61. The van der Waals surface area contributed by atoms with Gasteiger partial charge in [-0.3, -0.25) is 9.36 Å². The molecule has 0 fully saturated rings. The highest BCUT2D eigenvalue weighted by Gasteiger charge is 2.27. The Morgan fingerprint density at radius 3 is 2.89 bits per heavy atom. The first-order valence-electron chi connectivity index (χ1n) is 8.88. The minimum Gasteiger partial charge on any atom is -0.495 e. The van der Waals surface area contributed by atoms with E-state index >= 15 is 0 Å². The number of rotatable bonds is 4. The van der Waals surface area contributed by atoms with Crippen molar-refractivity contribution in [3.05, 3.63) is 58.9 Å². The molecule has 144 valence electrons. The maximum Gasteiger partial charge on any atom is 0.237 e. The van der Waals surface area contributed by atoms with Crippen molar-refractivity contribution in [1.82, 2.24) is 14.8 Å².